The zero-order valence-corrected chi connectivity index (χ0v) is 19.8. The summed E-state index contributed by atoms with van der Waals surface area (Å²) in [7, 11) is 0. The number of hydrogen-bond donors (Lipinski definition) is 1. The second-order valence-electron chi connectivity index (χ2n) is 9.77. The molecule has 188 valence electrons. The molecule has 0 aromatic heterocycles. The Morgan fingerprint density at radius 3 is 2.58 bits per heavy atom. The molecule has 2 aromatic rings. The van der Waals surface area contributed by atoms with Crippen molar-refractivity contribution in [2.75, 3.05) is 19.7 Å². The van der Waals surface area contributed by atoms with E-state index >= 15 is 0 Å². The third-order valence-corrected chi connectivity index (χ3v) is 7.70. The lowest BCUT2D eigenvalue weighted by molar-refractivity contribution is 0.155. The molecule has 1 aliphatic carbocycles. The van der Waals surface area contributed by atoms with Crippen LogP contribution in [0.15, 0.2) is 42.5 Å². The van der Waals surface area contributed by atoms with Crippen LogP contribution in [0.1, 0.15) is 60.8 Å². The van der Waals surface area contributed by atoms with Crippen LogP contribution in [0.25, 0.3) is 0 Å². The number of nitrogens with zero attached hydrogens (tertiary/aromatic N) is 3. The highest BCUT2D eigenvalue weighted by molar-refractivity contribution is 5.92. The fourth-order valence-electron chi connectivity index (χ4n) is 5.80. The van der Waals surface area contributed by atoms with Crippen molar-refractivity contribution in [1.29, 1.82) is 5.26 Å². The van der Waals surface area contributed by atoms with Crippen LogP contribution in [0.5, 0.6) is 0 Å². The van der Waals surface area contributed by atoms with Gasteiger partial charge in [0.05, 0.1) is 11.6 Å². The van der Waals surface area contributed by atoms with Crippen LogP contribution in [0, 0.1) is 23.0 Å². The van der Waals surface area contributed by atoms with E-state index in [1.54, 1.807) is 0 Å². The van der Waals surface area contributed by atoms with Crippen molar-refractivity contribution in [3.05, 3.63) is 70.8 Å². The molecular weight excluding hydrogens is 466 g/mol. The average molecular weight is 495 g/mol. The lowest BCUT2D eigenvalue weighted by Gasteiger charge is -2.35. The first kappa shape index (κ1) is 24.2. The number of likely N-dealkylation sites (tertiary alicyclic amines) is 1. The molecule has 5 rings (SSSR count). The van der Waals surface area contributed by atoms with Gasteiger partial charge in [0, 0.05) is 25.2 Å². The maximum atomic E-state index is 13.7. The van der Waals surface area contributed by atoms with E-state index in [2.05, 4.69) is 22.4 Å². The Bertz CT molecular complexity index is 1190. The minimum Gasteiger partial charge on any atom is -0.446 e. The molecular formula is C27H28F2N4O3. The summed E-state index contributed by atoms with van der Waals surface area (Å²) < 4.78 is 32.1. The SMILES string of the molecule is N#Cc1ccccc1C1CCC(N2CC[C@@H](NC(=O)N3C(=O)OCC3c3ccc(F)c(F)c3)C2)CC1. The molecule has 1 saturated carbocycles. The standard InChI is InChI=1S/C27H28F2N4O3/c28-23-10-7-18(13-24(23)29)25-16-36-27(35)33(25)26(34)31-20-11-12-32(15-20)21-8-5-17(6-9-21)22-4-2-1-3-19(22)14-30/h1-4,7,10,13,17,20-21,25H,5-6,8-9,11-12,15-16H2,(H,31,34)/t17?,20-,21?,25?/m1/s1. The van der Waals surface area contributed by atoms with Crippen LogP contribution < -0.4 is 5.32 Å². The third kappa shape index (κ3) is 4.78. The van der Waals surface area contributed by atoms with Gasteiger partial charge in [-0.25, -0.2) is 23.3 Å². The molecule has 2 saturated heterocycles. The van der Waals surface area contributed by atoms with Gasteiger partial charge < -0.3 is 10.1 Å². The Morgan fingerprint density at radius 1 is 1.06 bits per heavy atom. The summed E-state index contributed by atoms with van der Waals surface area (Å²) in [6, 6.07) is 12.4. The first-order chi connectivity index (χ1) is 17.4. The Morgan fingerprint density at radius 2 is 1.83 bits per heavy atom. The van der Waals surface area contributed by atoms with E-state index in [4.69, 9.17) is 4.74 Å². The second-order valence-corrected chi connectivity index (χ2v) is 9.77. The van der Waals surface area contributed by atoms with Gasteiger partial charge in [-0.15, -0.1) is 0 Å². The number of urea groups is 1. The molecule has 9 heteroatoms. The lowest BCUT2D eigenvalue weighted by atomic mass is 9.80. The molecule has 3 fully saturated rings. The molecule has 2 aromatic carbocycles. The first-order valence-electron chi connectivity index (χ1n) is 12.4. The Labute approximate surface area is 208 Å². The topological polar surface area (TPSA) is 85.7 Å². The maximum Gasteiger partial charge on any atom is 0.418 e. The second kappa shape index (κ2) is 10.2. The fourth-order valence-corrected chi connectivity index (χ4v) is 5.80. The van der Waals surface area contributed by atoms with Crippen molar-refractivity contribution in [1.82, 2.24) is 15.1 Å². The molecule has 3 aliphatic rings. The van der Waals surface area contributed by atoms with E-state index in [1.165, 1.54) is 6.07 Å². The zero-order chi connectivity index (χ0) is 25.2. The van der Waals surface area contributed by atoms with Gasteiger partial charge in [0.1, 0.15) is 12.6 Å². The normalized spacial score (nSPS) is 26.5. The summed E-state index contributed by atoms with van der Waals surface area (Å²) >= 11 is 0. The molecule has 0 spiro atoms. The summed E-state index contributed by atoms with van der Waals surface area (Å²) in [5, 5.41) is 12.4. The van der Waals surface area contributed by atoms with Gasteiger partial charge in [-0.1, -0.05) is 24.3 Å². The predicted octanol–water partition coefficient (Wildman–Crippen LogP) is 4.84. The van der Waals surface area contributed by atoms with Gasteiger partial charge in [-0.2, -0.15) is 5.26 Å². The van der Waals surface area contributed by atoms with Crippen LogP contribution in [0.4, 0.5) is 18.4 Å². The third-order valence-electron chi connectivity index (χ3n) is 7.70. The van der Waals surface area contributed by atoms with Crippen molar-refractivity contribution in [3.63, 3.8) is 0 Å². The highest BCUT2D eigenvalue weighted by atomic mass is 19.2. The predicted molar refractivity (Wildman–Crippen MR) is 127 cm³/mol. The minimum atomic E-state index is -1.04. The van der Waals surface area contributed by atoms with Gasteiger partial charge in [0.15, 0.2) is 11.6 Å². The highest BCUT2D eigenvalue weighted by Gasteiger charge is 2.41. The molecule has 2 atom stereocenters. The van der Waals surface area contributed by atoms with Crippen molar-refractivity contribution >= 4 is 12.1 Å². The molecule has 36 heavy (non-hydrogen) atoms. The monoisotopic (exact) mass is 494 g/mol. The Hall–Kier alpha value is -3.51. The number of halogens is 2. The summed E-state index contributed by atoms with van der Waals surface area (Å²) in [4.78, 5) is 28.6. The van der Waals surface area contributed by atoms with Crippen LogP contribution >= 0.6 is 0 Å². The van der Waals surface area contributed by atoms with Crippen LogP contribution in [-0.4, -0.2) is 53.7 Å². The number of carbonyl (C=O) groups excluding carboxylic acids is 2. The summed E-state index contributed by atoms with van der Waals surface area (Å²) in [5.74, 6) is -1.64. The Balaban J connectivity index is 1.16. The molecule has 1 N–H and O–H groups in total. The lowest BCUT2D eigenvalue weighted by Crippen LogP contribution is -2.47. The van der Waals surface area contributed by atoms with Gasteiger partial charge in [-0.3, -0.25) is 4.90 Å². The number of imide groups is 1. The largest absolute Gasteiger partial charge is 0.446 e. The highest BCUT2D eigenvalue weighted by Crippen LogP contribution is 2.37. The van der Waals surface area contributed by atoms with Crippen LogP contribution in [0.2, 0.25) is 0 Å². The number of nitriles is 1. The van der Waals surface area contributed by atoms with Crippen molar-refractivity contribution in [2.24, 2.45) is 0 Å². The fraction of sp³-hybridized carbons (Fsp3) is 0.444. The van der Waals surface area contributed by atoms with Crippen LogP contribution in [-0.2, 0) is 4.74 Å². The quantitative estimate of drug-likeness (QED) is 0.658. The summed E-state index contributed by atoms with van der Waals surface area (Å²) in [5.41, 5.74) is 2.20. The number of ether oxygens (including phenoxy) is 1. The number of rotatable bonds is 4. The van der Waals surface area contributed by atoms with Crippen LogP contribution in [0.3, 0.4) is 0 Å². The molecule has 1 unspecified atom stereocenters. The number of hydrogen-bond acceptors (Lipinski definition) is 5. The number of cyclic esters (lactones) is 1. The van der Waals surface area contributed by atoms with E-state index < -0.39 is 29.8 Å². The van der Waals surface area contributed by atoms with E-state index in [9.17, 15) is 23.6 Å². The van der Waals surface area contributed by atoms with Gasteiger partial charge in [0.25, 0.3) is 0 Å². The molecule has 7 nitrogen and oxygen atoms in total. The minimum absolute atomic E-state index is 0.105. The van der Waals surface area contributed by atoms with E-state index in [-0.39, 0.29) is 12.6 Å². The number of nitrogens with one attached hydrogen (secondary N) is 1. The molecule has 0 bridgehead atoms. The van der Waals surface area contributed by atoms with Gasteiger partial charge in [-0.05, 0) is 67.3 Å². The first-order valence-corrected chi connectivity index (χ1v) is 12.4. The number of carbonyl (C=O) groups is 2. The molecule has 0 radical (unpaired) electrons. The molecule has 2 aliphatic heterocycles. The molecule has 3 amide bonds. The number of amides is 3. The van der Waals surface area contributed by atoms with Gasteiger partial charge >= 0.3 is 12.1 Å². The summed E-state index contributed by atoms with van der Waals surface area (Å²) in [6.45, 7) is 1.44. The van der Waals surface area contributed by atoms with Crippen molar-refractivity contribution in [3.8, 4) is 6.07 Å². The van der Waals surface area contributed by atoms with E-state index in [0.717, 1.165) is 66.8 Å². The van der Waals surface area contributed by atoms with Gasteiger partial charge in [0.2, 0.25) is 0 Å². The van der Waals surface area contributed by atoms with E-state index in [1.807, 2.05) is 18.2 Å². The number of benzene rings is 2. The van der Waals surface area contributed by atoms with Crippen molar-refractivity contribution < 1.29 is 23.1 Å². The molecule has 2 heterocycles. The zero-order valence-electron chi connectivity index (χ0n) is 19.8. The Kier molecular flexibility index (Phi) is 6.88. The maximum absolute atomic E-state index is 13.7. The average Bonchev–Trinajstić information content (AvgIpc) is 3.52. The van der Waals surface area contributed by atoms with Crippen molar-refractivity contribution in [2.45, 2.75) is 56.1 Å². The smallest absolute Gasteiger partial charge is 0.418 e. The van der Waals surface area contributed by atoms with E-state index in [0.29, 0.717) is 24.1 Å². The summed E-state index contributed by atoms with van der Waals surface area (Å²) in [6.07, 6.45) is 4.07.